The van der Waals surface area contributed by atoms with Crippen LogP contribution in [0.25, 0.3) is 0 Å². The molecular formula is C18H28O4Si. The number of Topliss-reactive ketones (excluding diaryl/α,β-unsaturated/α-hetero) is 1. The molecule has 4 nitrogen and oxygen atoms in total. The third-order valence-electron chi connectivity index (χ3n) is 5.26. The topological polar surface area (TPSA) is 52.6 Å². The highest BCUT2D eigenvalue weighted by Crippen LogP contribution is 2.39. The molecule has 5 heteroatoms. The van der Waals surface area contributed by atoms with Crippen molar-refractivity contribution in [1.82, 2.24) is 0 Å². The second-order valence-electron chi connectivity index (χ2n) is 7.99. The molecule has 0 radical (unpaired) electrons. The second-order valence-corrected chi connectivity index (χ2v) is 12.8. The van der Waals surface area contributed by atoms with Crippen LogP contribution in [-0.2, 0) is 18.8 Å². The van der Waals surface area contributed by atoms with Crippen molar-refractivity contribution in [2.45, 2.75) is 64.3 Å². The molecule has 2 bridgehead atoms. The Labute approximate surface area is 140 Å². The zero-order valence-electron chi connectivity index (χ0n) is 15.1. The first-order chi connectivity index (χ1) is 10.5. The van der Waals surface area contributed by atoms with Gasteiger partial charge in [-0.05, 0) is 36.7 Å². The number of methoxy groups -OCH3 is 1. The summed E-state index contributed by atoms with van der Waals surface area (Å²) in [4.78, 5) is 24.5. The minimum absolute atomic E-state index is 0.0470. The van der Waals surface area contributed by atoms with Crippen LogP contribution < -0.4 is 0 Å². The number of carbonyl (C=O) groups excluding carboxylic acids is 2. The van der Waals surface area contributed by atoms with Crippen molar-refractivity contribution >= 4 is 19.9 Å². The van der Waals surface area contributed by atoms with Crippen LogP contribution in [0.15, 0.2) is 23.5 Å². The minimum Gasteiger partial charge on any atom is -0.501 e. The van der Waals surface area contributed by atoms with Gasteiger partial charge in [0.05, 0.1) is 12.9 Å². The zero-order valence-corrected chi connectivity index (χ0v) is 16.1. The van der Waals surface area contributed by atoms with Gasteiger partial charge in [0, 0.05) is 24.5 Å². The van der Waals surface area contributed by atoms with Crippen LogP contribution in [0.2, 0.25) is 18.1 Å². The fourth-order valence-corrected chi connectivity index (χ4v) is 4.15. The molecular weight excluding hydrogens is 308 g/mol. The van der Waals surface area contributed by atoms with E-state index < -0.39 is 14.2 Å². The predicted molar refractivity (Wildman–Crippen MR) is 92.6 cm³/mol. The number of hydrogen-bond donors (Lipinski definition) is 0. The minimum atomic E-state index is -1.93. The van der Waals surface area contributed by atoms with Gasteiger partial charge >= 0.3 is 0 Å². The highest BCUT2D eigenvalue weighted by Gasteiger charge is 2.41. The lowest BCUT2D eigenvalue weighted by Gasteiger charge is -2.39. The van der Waals surface area contributed by atoms with E-state index in [0.717, 1.165) is 6.42 Å². The van der Waals surface area contributed by atoms with Gasteiger partial charge in [-0.2, -0.15) is 0 Å². The lowest BCUT2D eigenvalue weighted by atomic mass is 10.0. The monoisotopic (exact) mass is 336 g/mol. The standard InChI is InChI=1S/C18H28O4Si/c1-18(2,3)23(5,6)22-14-8-7-13(21-4)11-15-16(19)10-12(9-14)17(15)20/h10-11,14-15H,7-9H2,1-6H3/b13-11+/t14-,15-/m1/s1. The van der Waals surface area contributed by atoms with Crippen molar-refractivity contribution in [2.24, 2.45) is 5.92 Å². The lowest BCUT2D eigenvalue weighted by molar-refractivity contribution is -0.124. The Morgan fingerprint density at radius 3 is 2.43 bits per heavy atom. The Balaban J connectivity index is 2.27. The maximum absolute atomic E-state index is 12.5. The number of rotatable bonds is 3. The van der Waals surface area contributed by atoms with E-state index in [1.807, 2.05) is 0 Å². The first-order valence-corrected chi connectivity index (χ1v) is 11.2. The van der Waals surface area contributed by atoms with E-state index in [9.17, 15) is 9.59 Å². The third-order valence-corrected chi connectivity index (χ3v) is 9.80. The molecule has 0 aromatic carbocycles. The van der Waals surface area contributed by atoms with Crippen LogP contribution in [0.5, 0.6) is 0 Å². The Kier molecular flexibility index (Phi) is 5.02. The average Bonchev–Trinajstić information content (AvgIpc) is 2.70. The molecule has 0 aromatic rings. The molecule has 0 saturated heterocycles. The van der Waals surface area contributed by atoms with E-state index in [0.29, 0.717) is 24.2 Å². The molecule has 0 amide bonds. The number of carbonyl (C=O) groups is 2. The van der Waals surface area contributed by atoms with E-state index in [2.05, 4.69) is 33.9 Å². The van der Waals surface area contributed by atoms with Crippen molar-refractivity contribution in [1.29, 1.82) is 0 Å². The summed E-state index contributed by atoms with van der Waals surface area (Å²) in [7, 11) is -0.342. The first kappa shape index (κ1) is 18.1. The molecule has 2 rings (SSSR count). The normalized spacial score (nSPS) is 28.4. The number of hydrogen-bond acceptors (Lipinski definition) is 4. The number of allylic oxidation sites excluding steroid dienone is 3. The molecule has 2 aliphatic carbocycles. The van der Waals surface area contributed by atoms with Gasteiger partial charge in [0.2, 0.25) is 0 Å². The number of ketones is 2. The zero-order chi connectivity index (χ0) is 17.4. The van der Waals surface area contributed by atoms with Gasteiger partial charge in [-0.3, -0.25) is 9.59 Å². The van der Waals surface area contributed by atoms with E-state index in [-0.39, 0.29) is 22.7 Å². The largest absolute Gasteiger partial charge is 0.501 e. The van der Waals surface area contributed by atoms with E-state index in [1.54, 1.807) is 13.2 Å². The van der Waals surface area contributed by atoms with Crippen molar-refractivity contribution in [2.75, 3.05) is 7.11 Å². The Morgan fingerprint density at radius 1 is 1.22 bits per heavy atom. The van der Waals surface area contributed by atoms with E-state index in [1.165, 1.54) is 6.08 Å². The van der Waals surface area contributed by atoms with Crippen LogP contribution in [-0.4, -0.2) is 33.1 Å². The maximum Gasteiger partial charge on any atom is 0.192 e. The quantitative estimate of drug-likeness (QED) is 0.581. The second kappa shape index (κ2) is 6.36. The molecule has 2 atom stereocenters. The Hall–Kier alpha value is -1.20. The maximum atomic E-state index is 12.5. The fourth-order valence-electron chi connectivity index (χ4n) is 2.76. The summed E-state index contributed by atoms with van der Waals surface area (Å²) in [5.74, 6) is -0.202. The van der Waals surface area contributed by atoms with Crippen LogP contribution >= 0.6 is 0 Å². The van der Waals surface area contributed by atoms with Gasteiger partial charge in [0.25, 0.3) is 0 Å². The summed E-state index contributed by atoms with van der Waals surface area (Å²) in [6.45, 7) is 11.0. The predicted octanol–water partition coefficient (Wildman–Crippen LogP) is 3.79. The van der Waals surface area contributed by atoms with Crippen molar-refractivity contribution < 1.29 is 18.8 Å². The van der Waals surface area contributed by atoms with Crippen LogP contribution in [0.4, 0.5) is 0 Å². The lowest BCUT2D eigenvalue weighted by Crippen LogP contribution is -2.44. The summed E-state index contributed by atoms with van der Waals surface area (Å²) in [6.07, 6.45) is 5.16. The molecule has 0 spiro atoms. The smallest absolute Gasteiger partial charge is 0.192 e. The molecule has 128 valence electrons. The Bertz CT molecular complexity index is 566. The van der Waals surface area contributed by atoms with Gasteiger partial charge in [0.1, 0.15) is 5.92 Å². The SMILES string of the molecule is CO/C1=C/[C@@H]2C(=O)C=C(C[C@H](O[Si](C)(C)C(C)(C)C)CC1)C2=O. The van der Waals surface area contributed by atoms with Gasteiger partial charge in [0.15, 0.2) is 19.9 Å². The summed E-state index contributed by atoms with van der Waals surface area (Å²) in [6, 6.07) is 0. The highest BCUT2D eigenvalue weighted by atomic mass is 28.4. The average molecular weight is 337 g/mol. The molecule has 0 unspecified atom stereocenters. The molecule has 0 saturated carbocycles. The molecule has 0 heterocycles. The van der Waals surface area contributed by atoms with Crippen molar-refractivity contribution in [3.05, 3.63) is 23.5 Å². The molecule has 23 heavy (non-hydrogen) atoms. The van der Waals surface area contributed by atoms with Crippen LogP contribution in [0, 0.1) is 5.92 Å². The molecule has 0 N–H and O–H groups in total. The molecule has 0 aromatic heterocycles. The van der Waals surface area contributed by atoms with Crippen molar-refractivity contribution in [3.8, 4) is 0 Å². The molecule has 0 aliphatic heterocycles. The van der Waals surface area contributed by atoms with Crippen molar-refractivity contribution in [3.63, 3.8) is 0 Å². The van der Waals surface area contributed by atoms with Gasteiger partial charge < -0.3 is 9.16 Å². The summed E-state index contributed by atoms with van der Waals surface area (Å²) >= 11 is 0. The van der Waals surface area contributed by atoms with E-state index in [4.69, 9.17) is 9.16 Å². The van der Waals surface area contributed by atoms with Crippen LogP contribution in [0.1, 0.15) is 40.0 Å². The highest BCUT2D eigenvalue weighted by molar-refractivity contribution is 6.74. The first-order valence-electron chi connectivity index (χ1n) is 8.26. The summed E-state index contributed by atoms with van der Waals surface area (Å²) < 4.78 is 11.9. The number of fused-ring (bicyclic) bond motifs is 2. The summed E-state index contributed by atoms with van der Waals surface area (Å²) in [5.41, 5.74) is 0.609. The number of ether oxygens (including phenoxy) is 1. The molecule has 2 aliphatic rings. The summed E-state index contributed by atoms with van der Waals surface area (Å²) in [5, 5.41) is 0.109. The third kappa shape index (κ3) is 3.83. The van der Waals surface area contributed by atoms with E-state index >= 15 is 0 Å². The fraction of sp³-hybridized carbons (Fsp3) is 0.667. The van der Waals surface area contributed by atoms with Gasteiger partial charge in [-0.1, -0.05) is 20.8 Å². The van der Waals surface area contributed by atoms with Gasteiger partial charge in [-0.15, -0.1) is 0 Å². The van der Waals surface area contributed by atoms with Gasteiger partial charge in [-0.25, -0.2) is 0 Å². The Morgan fingerprint density at radius 2 is 1.87 bits per heavy atom. The molecule has 0 fully saturated rings. The van der Waals surface area contributed by atoms with Crippen LogP contribution in [0.3, 0.4) is 0 Å².